The van der Waals surface area contributed by atoms with E-state index < -0.39 is 0 Å². The van der Waals surface area contributed by atoms with E-state index in [0.29, 0.717) is 12.3 Å². The highest BCUT2D eigenvalue weighted by atomic mass is 19.1. The van der Waals surface area contributed by atoms with Crippen LogP contribution in [-0.2, 0) is 0 Å². The number of carbonyl (C=O) groups is 1. The number of hydrogen-bond donors (Lipinski definition) is 1. The molecule has 4 aromatic rings. The zero-order chi connectivity index (χ0) is 19.1. The predicted molar refractivity (Wildman–Crippen MR) is 103 cm³/mol. The number of hydrogen-bond acceptors (Lipinski definition) is 3. The molecule has 0 radical (unpaired) electrons. The van der Waals surface area contributed by atoms with Crippen molar-refractivity contribution in [2.24, 2.45) is 0 Å². The monoisotopic (exact) mass is 375 g/mol. The van der Waals surface area contributed by atoms with Crippen LogP contribution in [0, 0.1) is 5.82 Å². The highest BCUT2D eigenvalue weighted by Crippen LogP contribution is 2.33. The smallest absolute Gasteiger partial charge is 0.290 e. The Hall–Kier alpha value is -3.41. The van der Waals surface area contributed by atoms with Gasteiger partial charge in [0.15, 0.2) is 5.76 Å². The second-order valence-electron chi connectivity index (χ2n) is 6.97. The molecule has 6 heteroatoms. The fourth-order valence-corrected chi connectivity index (χ4v) is 3.79. The van der Waals surface area contributed by atoms with Gasteiger partial charge >= 0.3 is 0 Å². The highest BCUT2D eigenvalue weighted by Gasteiger charge is 2.34. The molecule has 3 heterocycles. The van der Waals surface area contributed by atoms with Gasteiger partial charge in [-0.2, -0.15) is 0 Å². The number of amides is 1. The van der Waals surface area contributed by atoms with Gasteiger partial charge in [-0.25, -0.2) is 9.37 Å². The maximum absolute atomic E-state index is 13.1. The molecule has 0 bridgehead atoms. The predicted octanol–water partition coefficient (Wildman–Crippen LogP) is 4.94. The summed E-state index contributed by atoms with van der Waals surface area (Å²) in [5, 5.41) is 0. The van der Waals surface area contributed by atoms with Gasteiger partial charge in [0, 0.05) is 12.1 Å². The fraction of sp³-hybridized carbons (Fsp3) is 0.182. The molecule has 28 heavy (non-hydrogen) atoms. The molecule has 2 aromatic heterocycles. The lowest BCUT2D eigenvalue weighted by molar-refractivity contribution is 0.0699. The van der Waals surface area contributed by atoms with Crippen LogP contribution in [0.5, 0.6) is 0 Å². The third-order valence-corrected chi connectivity index (χ3v) is 5.18. The standard InChI is InChI=1S/C22H18FN3O2/c23-15-9-7-14(8-10-15)19-11-12-20(28-19)22(27)26-13-3-6-18(26)21-24-16-4-1-2-5-17(16)25-21/h1-2,4-5,7-12,18H,3,6,13H2,(H,24,25)/t18-/m1/s1. The van der Waals surface area contributed by atoms with E-state index in [0.717, 1.165) is 35.3 Å². The number of rotatable bonds is 3. The first-order valence-corrected chi connectivity index (χ1v) is 9.30. The first kappa shape index (κ1) is 16.7. The molecule has 0 saturated carbocycles. The maximum Gasteiger partial charge on any atom is 0.290 e. The van der Waals surface area contributed by atoms with Gasteiger partial charge in [0.05, 0.1) is 17.1 Å². The van der Waals surface area contributed by atoms with E-state index in [-0.39, 0.29) is 23.5 Å². The molecule has 0 unspecified atom stereocenters. The van der Waals surface area contributed by atoms with E-state index in [1.165, 1.54) is 12.1 Å². The second kappa shape index (κ2) is 6.64. The SMILES string of the molecule is O=C(c1ccc(-c2ccc(F)cc2)o1)N1CCC[C@@H]1c1nc2ccccc2[nH]1. The van der Waals surface area contributed by atoms with Gasteiger partial charge in [0.2, 0.25) is 0 Å². The van der Waals surface area contributed by atoms with E-state index in [1.807, 2.05) is 29.2 Å². The maximum atomic E-state index is 13.1. The topological polar surface area (TPSA) is 62.1 Å². The molecule has 1 fully saturated rings. The van der Waals surface area contributed by atoms with Crippen molar-refractivity contribution in [2.75, 3.05) is 6.54 Å². The quantitative estimate of drug-likeness (QED) is 0.552. The number of nitrogens with one attached hydrogen (secondary N) is 1. The minimum absolute atomic E-state index is 0.0979. The van der Waals surface area contributed by atoms with E-state index in [9.17, 15) is 9.18 Å². The molecule has 2 aromatic carbocycles. The van der Waals surface area contributed by atoms with Crippen molar-refractivity contribution >= 4 is 16.9 Å². The molecule has 0 spiro atoms. The molecule has 1 aliphatic heterocycles. The van der Waals surface area contributed by atoms with Crippen molar-refractivity contribution in [1.82, 2.24) is 14.9 Å². The molecule has 5 rings (SSSR count). The Morgan fingerprint density at radius 2 is 1.93 bits per heavy atom. The summed E-state index contributed by atoms with van der Waals surface area (Å²) >= 11 is 0. The largest absolute Gasteiger partial charge is 0.451 e. The molecular weight excluding hydrogens is 357 g/mol. The van der Waals surface area contributed by atoms with Crippen LogP contribution in [0.15, 0.2) is 65.1 Å². The molecule has 140 valence electrons. The van der Waals surface area contributed by atoms with Gasteiger partial charge < -0.3 is 14.3 Å². The number of aromatic amines is 1. The van der Waals surface area contributed by atoms with Crippen LogP contribution >= 0.6 is 0 Å². The Kier molecular flexibility index (Phi) is 3.97. The zero-order valence-electron chi connectivity index (χ0n) is 15.1. The Balaban J connectivity index is 1.42. The number of para-hydroxylation sites is 2. The summed E-state index contributed by atoms with van der Waals surface area (Å²) in [5.74, 6) is 1.16. The average molecular weight is 375 g/mol. The van der Waals surface area contributed by atoms with Crippen LogP contribution < -0.4 is 0 Å². The van der Waals surface area contributed by atoms with Crippen LogP contribution in [0.25, 0.3) is 22.4 Å². The number of carbonyl (C=O) groups excluding carboxylic acids is 1. The van der Waals surface area contributed by atoms with Gasteiger partial charge in [-0.05, 0) is 61.4 Å². The third-order valence-electron chi connectivity index (χ3n) is 5.18. The second-order valence-corrected chi connectivity index (χ2v) is 6.97. The molecular formula is C22H18FN3O2. The summed E-state index contributed by atoms with van der Waals surface area (Å²) in [6, 6.07) is 17.2. The highest BCUT2D eigenvalue weighted by molar-refractivity contribution is 5.92. The first-order chi connectivity index (χ1) is 13.7. The Morgan fingerprint density at radius 1 is 1.11 bits per heavy atom. The third kappa shape index (κ3) is 2.87. The molecule has 5 nitrogen and oxygen atoms in total. The minimum atomic E-state index is -0.308. The zero-order valence-corrected chi connectivity index (χ0v) is 15.1. The van der Waals surface area contributed by atoms with E-state index in [2.05, 4.69) is 9.97 Å². The lowest BCUT2D eigenvalue weighted by Crippen LogP contribution is -2.30. The Bertz CT molecular complexity index is 1110. The number of halogens is 1. The molecule has 0 aliphatic carbocycles. The number of nitrogens with zero attached hydrogens (tertiary/aromatic N) is 2. The minimum Gasteiger partial charge on any atom is -0.451 e. The average Bonchev–Trinajstić information content (AvgIpc) is 3.46. The van der Waals surface area contributed by atoms with Crippen molar-refractivity contribution in [2.45, 2.75) is 18.9 Å². The van der Waals surface area contributed by atoms with Crippen molar-refractivity contribution in [1.29, 1.82) is 0 Å². The van der Waals surface area contributed by atoms with E-state index in [1.54, 1.807) is 24.3 Å². The fourth-order valence-electron chi connectivity index (χ4n) is 3.79. The number of imidazole rings is 1. The Labute approximate surface area is 160 Å². The molecule has 1 saturated heterocycles. The number of aromatic nitrogens is 2. The van der Waals surface area contributed by atoms with Crippen LogP contribution in [0.3, 0.4) is 0 Å². The summed E-state index contributed by atoms with van der Waals surface area (Å²) in [6.45, 7) is 0.660. The van der Waals surface area contributed by atoms with Gasteiger partial charge in [0.25, 0.3) is 5.91 Å². The number of likely N-dealkylation sites (tertiary alicyclic amines) is 1. The lowest BCUT2D eigenvalue weighted by atomic mass is 10.2. The molecule has 1 atom stereocenters. The summed E-state index contributed by atoms with van der Waals surface area (Å²) in [5.41, 5.74) is 2.59. The number of benzene rings is 2. The summed E-state index contributed by atoms with van der Waals surface area (Å²) in [6.07, 6.45) is 1.77. The lowest BCUT2D eigenvalue weighted by Gasteiger charge is -2.22. The number of fused-ring (bicyclic) bond motifs is 1. The number of furan rings is 1. The summed E-state index contributed by atoms with van der Waals surface area (Å²) in [7, 11) is 0. The van der Waals surface area contributed by atoms with Crippen molar-refractivity contribution in [3.05, 3.63) is 78.1 Å². The van der Waals surface area contributed by atoms with Crippen LogP contribution in [0.4, 0.5) is 4.39 Å². The normalized spacial score (nSPS) is 16.8. The van der Waals surface area contributed by atoms with Gasteiger partial charge in [-0.1, -0.05) is 12.1 Å². The number of H-pyrrole nitrogens is 1. The molecule has 1 N–H and O–H groups in total. The van der Waals surface area contributed by atoms with Crippen molar-refractivity contribution in [3.63, 3.8) is 0 Å². The van der Waals surface area contributed by atoms with E-state index in [4.69, 9.17) is 4.42 Å². The Morgan fingerprint density at radius 3 is 2.75 bits per heavy atom. The van der Waals surface area contributed by atoms with E-state index >= 15 is 0 Å². The van der Waals surface area contributed by atoms with Crippen molar-refractivity contribution < 1.29 is 13.6 Å². The summed E-state index contributed by atoms with van der Waals surface area (Å²) < 4.78 is 18.9. The molecule has 1 amide bonds. The van der Waals surface area contributed by atoms with Gasteiger partial charge in [0.1, 0.15) is 17.4 Å². The summed E-state index contributed by atoms with van der Waals surface area (Å²) in [4.78, 5) is 22.9. The van der Waals surface area contributed by atoms with Crippen LogP contribution in [0.2, 0.25) is 0 Å². The first-order valence-electron chi connectivity index (χ1n) is 9.30. The van der Waals surface area contributed by atoms with Crippen LogP contribution in [-0.4, -0.2) is 27.3 Å². The van der Waals surface area contributed by atoms with Crippen molar-refractivity contribution in [3.8, 4) is 11.3 Å². The van der Waals surface area contributed by atoms with Gasteiger partial charge in [-0.15, -0.1) is 0 Å². The van der Waals surface area contributed by atoms with Crippen LogP contribution in [0.1, 0.15) is 35.3 Å². The van der Waals surface area contributed by atoms with Gasteiger partial charge in [-0.3, -0.25) is 4.79 Å². The molecule has 1 aliphatic rings.